The second-order valence-corrected chi connectivity index (χ2v) is 5.61. The summed E-state index contributed by atoms with van der Waals surface area (Å²) >= 11 is 0. The van der Waals surface area contributed by atoms with Gasteiger partial charge in [-0.05, 0) is 37.0 Å². The van der Waals surface area contributed by atoms with Crippen LogP contribution in [0.5, 0.6) is 5.75 Å². The molecule has 0 aromatic heterocycles. The first-order chi connectivity index (χ1) is 8.57. The Bertz CT molecular complexity index is 443. The Morgan fingerprint density at radius 2 is 1.83 bits per heavy atom. The number of rotatable bonds is 8. The zero-order valence-corrected chi connectivity index (χ0v) is 11.6. The van der Waals surface area contributed by atoms with E-state index in [0.717, 1.165) is 25.0 Å². The standard InChI is InChI=1S/C12H20N2O3S/c1-13-18(15,16)14-10-4-3-5-11-6-8-12(17-2)9-7-11/h6-9,13-14H,3-5,10H2,1-2H3. The lowest BCUT2D eigenvalue weighted by atomic mass is 10.1. The van der Waals surface area contributed by atoms with Crippen molar-refractivity contribution in [1.29, 1.82) is 0 Å². The molecule has 0 fully saturated rings. The molecule has 102 valence electrons. The predicted octanol–water partition coefficient (Wildman–Crippen LogP) is 1.07. The van der Waals surface area contributed by atoms with Gasteiger partial charge >= 0.3 is 0 Å². The number of unbranched alkanes of at least 4 members (excludes halogenated alkanes) is 1. The minimum absolute atomic E-state index is 0.458. The smallest absolute Gasteiger partial charge is 0.276 e. The molecule has 1 aromatic carbocycles. The molecule has 1 rings (SSSR count). The van der Waals surface area contributed by atoms with Crippen molar-refractivity contribution >= 4 is 10.2 Å². The van der Waals surface area contributed by atoms with Gasteiger partial charge in [0.05, 0.1) is 7.11 Å². The highest BCUT2D eigenvalue weighted by Crippen LogP contribution is 2.12. The van der Waals surface area contributed by atoms with Gasteiger partial charge in [0.25, 0.3) is 10.2 Å². The molecular weight excluding hydrogens is 252 g/mol. The fourth-order valence-corrected chi connectivity index (χ4v) is 2.08. The van der Waals surface area contributed by atoms with E-state index in [9.17, 15) is 8.42 Å². The summed E-state index contributed by atoms with van der Waals surface area (Å²) in [5, 5.41) is 0. The van der Waals surface area contributed by atoms with Gasteiger partial charge < -0.3 is 4.74 Å². The normalized spacial score (nSPS) is 11.4. The van der Waals surface area contributed by atoms with Crippen molar-refractivity contribution in [1.82, 2.24) is 9.44 Å². The zero-order valence-electron chi connectivity index (χ0n) is 10.8. The van der Waals surface area contributed by atoms with Crippen molar-refractivity contribution in [2.24, 2.45) is 0 Å². The lowest BCUT2D eigenvalue weighted by molar-refractivity contribution is 0.414. The Kier molecular flexibility index (Phi) is 6.11. The number of aryl methyl sites for hydroxylation is 1. The summed E-state index contributed by atoms with van der Waals surface area (Å²) in [5.41, 5.74) is 1.23. The summed E-state index contributed by atoms with van der Waals surface area (Å²) in [6.45, 7) is 0.458. The van der Waals surface area contributed by atoms with Crippen LogP contribution >= 0.6 is 0 Å². The van der Waals surface area contributed by atoms with E-state index in [1.54, 1.807) is 7.11 Å². The van der Waals surface area contributed by atoms with Gasteiger partial charge in [-0.15, -0.1) is 0 Å². The molecule has 0 unspecified atom stereocenters. The average molecular weight is 272 g/mol. The third-order valence-corrected chi connectivity index (χ3v) is 3.73. The summed E-state index contributed by atoms with van der Waals surface area (Å²) in [6.07, 6.45) is 2.69. The molecular formula is C12H20N2O3S. The van der Waals surface area contributed by atoms with Gasteiger partial charge in [-0.2, -0.15) is 8.42 Å². The number of hydrogen-bond donors (Lipinski definition) is 2. The van der Waals surface area contributed by atoms with E-state index in [-0.39, 0.29) is 0 Å². The van der Waals surface area contributed by atoms with Crippen LogP contribution in [-0.4, -0.2) is 29.1 Å². The van der Waals surface area contributed by atoms with E-state index < -0.39 is 10.2 Å². The third-order valence-electron chi connectivity index (χ3n) is 2.61. The molecule has 0 amide bonds. The molecule has 0 aliphatic carbocycles. The van der Waals surface area contributed by atoms with Crippen LogP contribution in [0.4, 0.5) is 0 Å². The Labute approximate surface area is 109 Å². The van der Waals surface area contributed by atoms with Crippen LogP contribution in [0, 0.1) is 0 Å². The Balaban J connectivity index is 2.21. The van der Waals surface area contributed by atoms with E-state index in [1.165, 1.54) is 12.6 Å². The van der Waals surface area contributed by atoms with E-state index in [0.29, 0.717) is 6.54 Å². The van der Waals surface area contributed by atoms with Gasteiger partial charge in [-0.25, -0.2) is 9.44 Å². The molecule has 0 saturated heterocycles. The predicted molar refractivity (Wildman–Crippen MR) is 71.9 cm³/mol. The number of hydrogen-bond acceptors (Lipinski definition) is 3. The highest BCUT2D eigenvalue weighted by Gasteiger charge is 2.03. The minimum Gasteiger partial charge on any atom is -0.497 e. The highest BCUT2D eigenvalue weighted by atomic mass is 32.2. The Hall–Kier alpha value is -1.11. The summed E-state index contributed by atoms with van der Waals surface area (Å²) in [7, 11) is -0.260. The van der Waals surface area contributed by atoms with Gasteiger partial charge in [0.15, 0.2) is 0 Å². The van der Waals surface area contributed by atoms with Gasteiger partial charge in [0.1, 0.15) is 5.75 Å². The molecule has 1 aromatic rings. The number of benzene rings is 1. The molecule has 0 heterocycles. The van der Waals surface area contributed by atoms with Crippen LogP contribution in [0.1, 0.15) is 18.4 Å². The molecule has 0 bridgehead atoms. The van der Waals surface area contributed by atoms with Crippen molar-refractivity contribution in [2.75, 3.05) is 20.7 Å². The first kappa shape index (κ1) is 14.9. The number of ether oxygens (including phenoxy) is 1. The molecule has 0 aliphatic rings. The quantitative estimate of drug-likeness (QED) is 0.696. The molecule has 0 aliphatic heterocycles. The molecule has 0 spiro atoms. The van der Waals surface area contributed by atoms with Gasteiger partial charge in [-0.3, -0.25) is 0 Å². The third kappa shape index (κ3) is 5.48. The Morgan fingerprint density at radius 3 is 2.39 bits per heavy atom. The first-order valence-corrected chi connectivity index (χ1v) is 7.37. The van der Waals surface area contributed by atoms with Crippen molar-refractivity contribution < 1.29 is 13.2 Å². The number of nitrogens with one attached hydrogen (secondary N) is 2. The second-order valence-electron chi connectivity index (χ2n) is 3.91. The second kappa shape index (κ2) is 7.35. The van der Waals surface area contributed by atoms with Crippen LogP contribution in [0.3, 0.4) is 0 Å². The molecule has 0 atom stereocenters. The molecule has 6 heteroatoms. The minimum atomic E-state index is -3.29. The summed E-state index contributed by atoms with van der Waals surface area (Å²) < 4.78 is 31.9. The van der Waals surface area contributed by atoms with Gasteiger partial charge in [-0.1, -0.05) is 12.1 Å². The zero-order chi connectivity index (χ0) is 13.4. The maximum absolute atomic E-state index is 11.1. The SMILES string of the molecule is CNS(=O)(=O)NCCCCc1ccc(OC)cc1. The molecule has 0 radical (unpaired) electrons. The van der Waals surface area contributed by atoms with Crippen LogP contribution in [0.25, 0.3) is 0 Å². The summed E-state index contributed by atoms with van der Waals surface area (Å²) in [5.74, 6) is 0.848. The van der Waals surface area contributed by atoms with Gasteiger partial charge in [0.2, 0.25) is 0 Å². The number of methoxy groups -OCH3 is 1. The summed E-state index contributed by atoms with van der Waals surface area (Å²) in [4.78, 5) is 0. The topological polar surface area (TPSA) is 67.4 Å². The maximum atomic E-state index is 11.1. The van der Waals surface area contributed by atoms with E-state index >= 15 is 0 Å². The first-order valence-electron chi connectivity index (χ1n) is 5.88. The van der Waals surface area contributed by atoms with Gasteiger partial charge in [0, 0.05) is 13.6 Å². The molecule has 2 N–H and O–H groups in total. The van der Waals surface area contributed by atoms with Crippen molar-refractivity contribution in [3.63, 3.8) is 0 Å². The fourth-order valence-electron chi connectivity index (χ4n) is 1.53. The average Bonchev–Trinajstić information content (AvgIpc) is 2.39. The van der Waals surface area contributed by atoms with Crippen LogP contribution in [0.15, 0.2) is 24.3 Å². The maximum Gasteiger partial charge on any atom is 0.276 e. The lowest BCUT2D eigenvalue weighted by Gasteiger charge is -2.05. The van der Waals surface area contributed by atoms with E-state index in [4.69, 9.17) is 4.74 Å². The lowest BCUT2D eigenvalue weighted by Crippen LogP contribution is -2.34. The summed E-state index contributed by atoms with van der Waals surface area (Å²) in [6, 6.07) is 7.91. The van der Waals surface area contributed by atoms with Crippen LogP contribution in [0.2, 0.25) is 0 Å². The fraction of sp³-hybridized carbons (Fsp3) is 0.500. The van der Waals surface area contributed by atoms with Crippen molar-refractivity contribution in [3.8, 4) is 5.75 Å². The molecule has 5 nitrogen and oxygen atoms in total. The van der Waals surface area contributed by atoms with E-state index in [2.05, 4.69) is 9.44 Å². The largest absolute Gasteiger partial charge is 0.497 e. The van der Waals surface area contributed by atoms with Crippen LogP contribution < -0.4 is 14.2 Å². The molecule has 18 heavy (non-hydrogen) atoms. The van der Waals surface area contributed by atoms with Crippen LogP contribution in [-0.2, 0) is 16.6 Å². The van der Waals surface area contributed by atoms with Crippen molar-refractivity contribution in [2.45, 2.75) is 19.3 Å². The Morgan fingerprint density at radius 1 is 1.17 bits per heavy atom. The van der Waals surface area contributed by atoms with Crippen molar-refractivity contribution in [3.05, 3.63) is 29.8 Å². The highest BCUT2D eigenvalue weighted by molar-refractivity contribution is 7.87. The van der Waals surface area contributed by atoms with E-state index in [1.807, 2.05) is 24.3 Å². The monoisotopic (exact) mass is 272 g/mol. The molecule has 0 saturated carbocycles.